The lowest BCUT2D eigenvalue weighted by Gasteiger charge is -2.17. The highest BCUT2D eigenvalue weighted by molar-refractivity contribution is 7.71. The number of nitrogens with zero attached hydrogens (tertiary/aromatic N) is 1. The van der Waals surface area contributed by atoms with Crippen LogP contribution in [0.5, 0.6) is 5.75 Å². The van der Waals surface area contributed by atoms with Crippen LogP contribution in [0.25, 0.3) is 11.0 Å². The summed E-state index contributed by atoms with van der Waals surface area (Å²) in [5.74, 6) is 1.54. The highest BCUT2D eigenvalue weighted by Crippen LogP contribution is 2.29. The summed E-state index contributed by atoms with van der Waals surface area (Å²) in [5.41, 5.74) is 2.15. The second-order valence-corrected chi connectivity index (χ2v) is 6.16. The average molecular weight is 292 g/mol. The molecule has 110 valence electrons. The molecule has 4 heteroatoms. The lowest BCUT2D eigenvalue weighted by atomic mass is 10.1. The van der Waals surface area contributed by atoms with E-state index in [2.05, 4.69) is 43.3 Å². The zero-order valence-electron chi connectivity index (χ0n) is 12.8. The van der Waals surface area contributed by atoms with E-state index in [1.807, 2.05) is 12.1 Å². The van der Waals surface area contributed by atoms with Crippen LogP contribution in [0.4, 0.5) is 0 Å². The number of para-hydroxylation sites is 1. The molecule has 0 saturated carbocycles. The number of H-pyrrole nitrogens is 1. The molecule has 0 radical (unpaired) electrons. The van der Waals surface area contributed by atoms with Crippen molar-refractivity contribution in [3.05, 3.63) is 23.0 Å². The molecule has 1 atom stereocenters. The third kappa shape index (κ3) is 3.06. The van der Waals surface area contributed by atoms with E-state index < -0.39 is 0 Å². The summed E-state index contributed by atoms with van der Waals surface area (Å²) < 4.78 is 8.80. The SMILES string of the molecule is CCCOc1cccc2c1[nH]c(=S)n2C(C)CC(C)C. The zero-order chi connectivity index (χ0) is 14.7. The molecule has 0 saturated heterocycles. The Balaban J connectivity index is 2.46. The third-order valence-electron chi connectivity index (χ3n) is 3.43. The number of nitrogens with one attached hydrogen (secondary N) is 1. The summed E-state index contributed by atoms with van der Waals surface area (Å²) >= 11 is 5.51. The molecule has 0 aliphatic carbocycles. The summed E-state index contributed by atoms with van der Waals surface area (Å²) in [6.07, 6.45) is 2.11. The normalized spacial score (nSPS) is 13.1. The molecule has 0 spiro atoms. The molecule has 0 amide bonds. The van der Waals surface area contributed by atoms with Gasteiger partial charge < -0.3 is 14.3 Å². The Morgan fingerprint density at radius 2 is 2.05 bits per heavy atom. The van der Waals surface area contributed by atoms with Crippen LogP contribution < -0.4 is 4.74 Å². The van der Waals surface area contributed by atoms with Crippen molar-refractivity contribution in [2.24, 2.45) is 5.92 Å². The molecule has 1 aromatic carbocycles. The van der Waals surface area contributed by atoms with Gasteiger partial charge in [0.15, 0.2) is 4.77 Å². The Bertz CT molecular complexity index is 627. The van der Waals surface area contributed by atoms with Crippen LogP contribution in [0.3, 0.4) is 0 Å². The molecular formula is C16H24N2OS. The van der Waals surface area contributed by atoms with Gasteiger partial charge in [0.25, 0.3) is 0 Å². The maximum Gasteiger partial charge on any atom is 0.178 e. The smallest absolute Gasteiger partial charge is 0.178 e. The van der Waals surface area contributed by atoms with Crippen molar-refractivity contribution in [2.75, 3.05) is 6.61 Å². The number of imidazole rings is 1. The minimum atomic E-state index is 0.387. The highest BCUT2D eigenvalue weighted by Gasteiger charge is 2.14. The van der Waals surface area contributed by atoms with Crippen molar-refractivity contribution in [2.45, 2.75) is 46.6 Å². The number of fused-ring (bicyclic) bond motifs is 1. The predicted octanol–water partition coefficient (Wildman–Crippen LogP) is 5.09. The molecule has 0 fully saturated rings. The Labute approximate surface area is 126 Å². The number of aromatic nitrogens is 2. The van der Waals surface area contributed by atoms with Crippen molar-refractivity contribution in [3.8, 4) is 5.75 Å². The standard InChI is InChI=1S/C16H24N2OS/c1-5-9-19-14-8-6-7-13-15(14)17-16(20)18(13)12(4)10-11(2)3/h6-8,11-12H,5,9-10H2,1-4H3,(H,17,20). The topological polar surface area (TPSA) is 29.9 Å². The molecule has 20 heavy (non-hydrogen) atoms. The van der Waals surface area contributed by atoms with Gasteiger partial charge in [-0.05, 0) is 50.0 Å². The van der Waals surface area contributed by atoms with Crippen LogP contribution in [0, 0.1) is 10.7 Å². The molecule has 1 aromatic heterocycles. The number of benzene rings is 1. The molecule has 0 bridgehead atoms. The van der Waals surface area contributed by atoms with Gasteiger partial charge in [-0.25, -0.2) is 0 Å². The lowest BCUT2D eigenvalue weighted by Crippen LogP contribution is -2.08. The van der Waals surface area contributed by atoms with Gasteiger partial charge >= 0.3 is 0 Å². The van der Waals surface area contributed by atoms with E-state index in [9.17, 15) is 0 Å². The van der Waals surface area contributed by atoms with Gasteiger partial charge in [-0.1, -0.05) is 26.8 Å². The highest BCUT2D eigenvalue weighted by atomic mass is 32.1. The maximum atomic E-state index is 5.81. The van der Waals surface area contributed by atoms with E-state index in [1.54, 1.807) is 0 Å². The monoisotopic (exact) mass is 292 g/mol. The molecule has 2 aromatic rings. The van der Waals surface area contributed by atoms with Crippen molar-refractivity contribution in [3.63, 3.8) is 0 Å². The Morgan fingerprint density at radius 1 is 1.30 bits per heavy atom. The summed E-state index contributed by atoms with van der Waals surface area (Å²) in [6.45, 7) is 9.54. The minimum Gasteiger partial charge on any atom is -0.491 e. The number of hydrogen-bond donors (Lipinski definition) is 1. The van der Waals surface area contributed by atoms with Crippen molar-refractivity contribution in [1.82, 2.24) is 9.55 Å². The Morgan fingerprint density at radius 3 is 2.70 bits per heavy atom. The second-order valence-electron chi connectivity index (χ2n) is 5.78. The molecule has 3 nitrogen and oxygen atoms in total. The lowest BCUT2D eigenvalue weighted by molar-refractivity contribution is 0.320. The van der Waals surface area contributed by atoms with Gasteiger partial charge in [-0.2, -0.15) is 0 Å². The summed E-state index contributed by atoms with van der Waals surface area (Å²) in [4.78, 5) is 3.31. The molecule has 0 aliphatic heterocycles. The van der Waals surface area contributed by atoms with E-state index in [4.69, 9.17) is 17.0 Å². The van der Waals surface area contributed by atoms with Crippen LogP contribution in [-0.4, -0.2) is 16.2 Å². The molecule has 1 heterocycles. The molecule has 0 aliphatic rings. The van der Waals surface area contributed by atoms with Crippen molar-refractivity contribution in [1.29, 1.82) is 0 Å². The van der Waals surface area contributed by atoms with E-state index >= 15 is 0 Å². The fourth-order valence-electron chi connectivity index (χ4n) is 2.68. The van der Waals surface area contributed by atoms with Gasteiger partial charge in [0, 0.05) is 6.04 Å². The Hall–Kier alpha value is -1.29. The third-order valence-corrected chi connectivity index (χ3v) is 3.73. The zero-order valence-corrected chi connectivity index (χ0v) is 13.6. The van der Waals surface area contributed by atoms with E-state index in [-0.39, 0.29) is 0 Å². The van der Waals surface area contributed by atoms with Crippen LogP contribution >= 0.6 is 12.2 Å². The van der Waals surface area contributed by atoms with Gasteiger partial charge in [0.1, 0.15) is 11.3 Å². The van der Waals surface area contributed by atoms with E-state index in [0.717, 1.165) is 41.0 Å². The van der Waals surface area contributed by atoms with E-state index in [0.29, 0.717) is 12.0 Å². The van der Waals surface area contributed by atoms with Crippen LogP contribution in [0.15, 0.2) is 18.2 Å². The first-order chi connectivity index (χ1) is 9.54. The van der Waals surface area contributed by atoms with Gasteiger partial charge in [0.05, 0.1) is 12.1 Å². The van der Waals surface area contributed by atoms with Gasteiger partial charge in [-0.15, -0.1) is 0 Å². The van der Waals surface area contributed by atoms with E-state index in [1.165, 1.54) is 0 Å². The van der Waals surface area contributed by atoms with Gasteiger partial charge in [0.2, 0.25) is 0 Å². The maximum absolute atomic E-state index is 5.81. The number of ether oxygens (including phenoxy) is 1. The minimum absolute atomic E-state index is 0.387. The van der Waals surface area contributed by atoms with Crippen LogP contribution in [-0.2, 0) is 0 Å². The number of hydrogen-bond acceptors (Lipinski definition) is 2. The molecule has 1 N–H and O–H groups in total. The molecule has 1 unspecified atom stereocenters. The average Bonchev–Trinajstić information content (AvgIpc) is 2.72. The largest absolute Gasteiger partial charge is 0.491 e. The fraction of sp³-hybridized carbons (Fsp3) is 0.562. The first-order valence-corrected chi connectivity index (χ1v) is 7.81. The molecule has 2 rings (SSSR count). The van der Waals surface area contributed by atoms with Crippen LogP contribution in [0.2, 0.25) is 0 Å². The number of rotatable bonds is 6. The van der Waals surface area contributed by atoms with Crippen molar-refractivity contribution < 1.29 is 4.74 Å². The molecular weight excluding hydrogens is 268 g/mol. The number of aromatic amines is 1. The Kier molecular flexibility index (Phi) is 4.86. The first-order valence-electron chi connectivity index (χ1n) is 7.40. The fourth-order valence-corrected chi connectivity index (χ4v) is 3.06. The second kappa shape index (κ2) is 6.44. The summed E-state index contributed by atoms with van der Waals surface area (Å²) in [6, 6.07) is 6.53. The quantitative estimate of drug-likeness (QED) is 0.751. The summed E-state index contributed by atoms with van der Waals surface area (Å²) in [7, 11) is 0. The van der Waals surface area contributed by atoms with Crippen molar-refractivity contribution >= 4 is 23.3 Å². The predicted molar refractivity (Wildman–Crippen MR) is 87.1 cm³/mol. The van der Waals surface area contributed by atoms with Crippen LogP contribution in [0.1, 0.15) is 46.6 Å². The van der Waals surface area contributed by atoms with Gasteiger partial charge in [-0.3, -0.25) is 0 Å². The first kappa shape index (κ1) is 15.1. The summed E-state index contributed by atoms with van der Waals surface area (Å²) in [5, 5.41) is 0.